The number of hydrogen-bond donors (Lipinski definition) is 1. The Morgan fingerprint density at radius 1 is 1.05 bits per heavy atom. The van der Waals surface area contributed by atoms with Crippen LogP contribution >= 0.6 is 0 Å². The van der Waals surface area contributed by atoms with E-state index < -0.39 is 0 Å². The lowest BCUT2D eigenvalue weighted by molar-refractivity contribution is 0.402. The molecular weight excluding hydrogens is 268 g/mol. The Morgan fingerprint density at radius 2 is 1.73 bits per heavy atom. The lowest BCUT2D eigenvalue weighted by atomic mass is 9.83. The standard InChI is InChI=1S/C20H26N2/c1-20(2)18-8-6-5-7-16(18)13-19(20)21-17-11-9-15(10-12-17)14-22(3)4/h5-12,19,21H,13-14H2,1-4H3. The fourth-order valence-electron chi connectivity index (χ4n) is 3.49. The van der Waals surface area contributed by atoms with Crippen molar-refractivity contribution >= 4 is 5.69 Å². The summed E-state index contributed by atoms with van der Waals surface area (Å²) in [4.78, 5) is 2.19. The average molecular weight is 294 g/mol. The molecule has 0 aromatic heterocycles. The van der Waals surface area contributed by atoms with E-state index in [0.717, 1.165) is 13.0 Å². The highest BCUT2D eigenvalue weighted by Gasteiger charge is 2.38. The molecule has 0 heterocycles. The van der Waals surface area contributed by atoms with Crippen LogP contribution in [0.25, 0.3) is 0 Å². The van der Waals surface area contributed by atoms with Crippen molar-refractivity contribution < 1.29 is 0 Å². The third kappa shape index (κ3) is 2.89. The van der Waals surface area contributed by atoms with Crippen LogP contribution in [0.1, 0.15) is 30.5 Å². The van der Waals surface area contributed by atoms with Gasteiger partial charge < -0.3 is 10.2 Å². The minimum atomic E-state index is 0.166. The average Bonchev–Trinajstić information content (AvgIpc) is 2.72. The second-order valence-electron chi connectivity index (χ2n) is 7.21. The zero-order chi connectivity index (χ0) is 15.7. The number of rotatable bonds is 4. The van der Waals surface area contributed by atoms with Gasteiger partial charge in [0, 0.05) is 23.7 Å². The van der Waals surface area contributed by atoms with Gasteiger partial charge in [-0.25, -0.2) is 0 Å². The van der Waals surface area contributed by atoms with Crippen molar-refractivity contribution in [3.63, 3.8) is 0 Å². The van der Waals surface area contributed by atoms with Gasteiger partial charge in [0.15, 0.2) is 0 Å². The number of fused-ring (bicyclic) bond motifs is 1. The second-order valence-corrected chi connectivity index (χ2v) is 7.21. The van der Waals surface area contributed by atoms with E-state index in [0.29, 0.717) is 6.04 Å². The molecule has 0 amide bonds. The van der Waals surface area contributed by atoms with Crippen molar-refractivity contribution in [2.75, 3.05) is 19.4 Å². The molecule has 0 aliphatic heterocycles. The van der Waals surface area contributed by atoms with E-state index in [1.54, 1.807) is 0 Å². The van der Waals surface area contributed by atoms with Crippen molar-refractivity contribution in [2.45, 2.75) is 38.3 Å². The van der Waals surface area contributed by atoms with Crippen LogP contribution in [0.5, 0.6) is 0 Å². The molecule has 0 saturated carbocycles. The molecule has 0 saturated heterocycles. The highest BCUT2D eigenvalue weighted by atomic mass is 15.0. The highest BCUT2D eigenvalue weighted by molar-refractivity contribution is 5.51. The maximum absolute atomic E-state index is 3.74. The summed E-state index contributed by atoms with van der Waals surface area (Å²) in [5.41, 5.74) is 5.70. The second kappa shape index (κ2) is 5.77. The zero-order valence-electron chi connectivity index (χ0n) is 14.1. The first-order chi connectivity index (χ1) is 10.5. The maximum atomic E-state index is 3.74. The molecule has 2 aromatic carbocycles. The zero-order valence-corrected chi connectivity index (χ0v) is 14.1. The number of hydrogen-bond acceptors (Lipinski definition) is 2. The van der Waals surface area contributed by atoms with E-state index >= 15 is 0 Å². The van der Waals surface area contributed by atoms with Crippen LogP contribution in [0.4, 0.5) is 5.69 Å². The third-order valence-electron chi connectivity index (χ3n) is 4.80. The molecule has 0 radical (unpaired) electrons. The van der Waals surface area contributed by atoms with Crippen LogP contribution in [-0.4, -0.2) is 25.0 Å². The first kappa shape index (κ1) is 15.1. The molecule has 22 heavy (non-hydrogen) atoms. The molecule has 0 spiro atoms. The van der Waals surface area contributed by atoms with Crippen molar-refractivity contribution in [2.24, 2.45) is 0 Å². The van der Waals surface area contributed by atoms with Gasteiger partial charge in [0.05, 0.1) is 0 Å². The normalized spacial score (nSPS) is 19.2. The summed E-state index contributed by atoms with van der Waals surface area (Å²) < 4.78 is 0. The van der Waals surface area contributed by atoms with E-state index in [2.05, 4.69) is 86.7 Å². The van der Waals surface area contributed by atoms with Gasteiger partial charge in [-0.1, -0.05) is 50.2 Å². The van der Waals surface area contributed by atoms with E-state index in [1.165, 1.54) is 22.4 Å². The molecule has 1 aliphatic rings. The Morgan fingerprint density at radius 3 is 2.36 bits per heavy atom. The number of anilines is 1. The minimum Gasteiger partial charge on any atom is -0.381 e. The summed E-state index contributed by atoms with van der Waals surface area (Å²) >= 11 is 0. The third-order valence-corrected chi connectivity index (χ3v) is 4.80. The Balaban J connectivity index is 1.74. The lowest BCUT2D eigenvalue weighted by Crippen LogP contribution is -2.36. The van der Waals surface area contributed by atoms with Crippen LogP contribution < -0.4 is 5.32 Å². The number of nitrogens with zero attached hydrogens (tertiary/aromatic N) is 1. The predicted octanol–water partition coefficient (Wildman–Crippen LogP) is 4.06. The molecule has 1 unspecified atom stereocenters. The van der Waals surface area contributed by atoms with Gasteiger partial charge in [0.25, 0.3) is 0 Å². The monoisotopic (exact) mass is 294 g/mol. The molecule has 1 N–H and O–H groups in total. The van der Waals surface area contributed by atoms with Crippen molar-refractivity contribution in [3.8, 4) is 0 Å². The Bertz CT molecular complexity index is 641. The molecule has 116 valence electrons. The summed E-state index contributed by atoms with van der Waals surface area (Å²) in [6.45, 7) is 5.68. The first-order valence-corrected chi connectivity index (χ1v) is 8.05. The minimum absolute atomic E-state index is 0.166. The Labute approximate surface area is 134 Å². The molecule has 0 fully saturated rings. The van der Waals surface area contributed by atoms with E-state index in [1.807, 2.05) is 0 Å². The smallest absolute Gasteiger partial charge is 0.0393 e. The lowest BCUT2D eigenvalue weighted by Gasteiger charge is -2.30. The Kier molecular flexibility index (Phi) is 3.96. The van der Waals surface area contributed by atoms with Crippen LogP contribution in [0.15, 0.2) is 48.5 Å². The van der Waals surface area contributed by atoms with E-state index in [4.69, 9.17) is 0 Å². The van der Waals surface area contributed by atoms with Gasteiger partial charge in [0.2, 0.25) is 0 Å². The summed E-state index contributed by atoms with van der Waals surface area (Å²) in [6.07, 6.45) is 1.10. The first-order valence-electron chi connectivity index (χ1n) is 8.05. The van der Waals surface area contributed by atoms with Crippen LogP contribution in [-0.2, 0) is 18.4 Å². The predicted molar refractivity (Wildman–Crippen MR) is 94.4 cm³/mol. The molecule has 2 aromatic rings. The van der Waals surface area contributed by atoms with E-state index in [9.17, 15) is 0 Å². The molecule has 0 bridgehead atoms. The van der Waals surface area contributed by atoms with Gasteiger partial charge in [0.1, 0.15) is 0 Å². The van der Waals surface area contributed by atoms with Crippen LogP contribution in [0.3, 0.4) is 0 Å². The molecule has 3 rings (SSSR count). The van der Waals surface area contributed by atoms with Gasteiger partial charge in [-0.3, -0.25) is 0 Å². The summed E-state index contributed by atoms with van der Waals surface area (Å²) in [5.74, 6) is 0. The van der Waals surface area contributed by atoms with Crippen molar-refractivity contribution in [1.29, 1.82) is 0 Å². The molecular formula is C20H26N2. The largest absolute Gasteiger partial charge is 0.381 e. The number of benzene rings is 2. The quantitative estimate of drug-likeness (QED) is 0.914. The van der Waals surface area contributed by atoms with Crippen LogP contribution in [0, 0.1) is 0 Å². The topological polar surface area (TPSA) is 15.3 Å². The molecule has 1 atom stereocenters. The van der Waals surface area contributed by atoms with Crippen LogP contribution in [0.2, 0.25) is 0 Å². The summed E-state index contributed by atoms with van der Waals surface area (Å²) in [6, 6.07) is 18.1. The van der Waals surface area contributed by atoms with Gasteiger partial charge >= 0.3 is 0 Å². The maximum Gasteiger partial charge on any atom is 0.0393 e. The summed E-state index contributed by atoms with van der Waals surface area (Å²) in [5, 5.41) is 3.74. The summed E-state index contributed by atoms with van der Waals surface area (Å²) in [7, 11) is 4.20. The number of nitrogens with one attached hydrogen (secondary N) is 1. The molecule has 2 heteroatoms. The Hall–Kier alpha value is -1.80. The van der Waals surface area contributed by atoms with Gasteiger partial charge in [-0.15, -0.1) is 0 Å². The highest BCUT2D eigenvalue weighted by Crippen LogP contribution is 2.39. The molecule has 2 nitrogen and oxygen atoms in total. The van der Waals surface area contributed by atoms with Gasteiger partial charge in [-0.05, 0) is 49.3 Å². The molecule has 1 aliphatic carbocycles. The van der Waals surface area contributed by atoms with Crippen molar-refractivity contribution in [1.82, 2.24) is 4.90 Å². The van der Waals surface area contributed by atoms with E-state index in [-0.39, 0.29) is 5.41 Å². The fourth-order valence-corrected chi connectivity index (χ4v) is 3.49. The van der Waals surface area contributed by atoms with Gasteiger partial charge in [-0.2, -0.15) is 0 Å². The van der Waals surface area contributed by atoms with Crippen molar-refractivity contribution in [3.05, 3.63) is 65.2 Å². The fraction of sp³-hybridized carbons (Fsp3) is 0.400. The SMILES string of the molecule is CN(C)Cc1ccc(NC2Cc3ccccc3C2(C)C)cc1.